The average Bonchev–Trinajstić information content (AvgIpc) is 3.13. The van der Waals surface area contributed by atoms with Gasteiger partial charge in [-0.2, -0.15) is 0 Å². The van der Waals surface area contributed by atoms with Gasteiger partial charge in [0.15, 0.2) is 5.78 Å². The van der Waals surface area contributed by atoms with Crippen LogP contribution in [0, 0.1) is 72.6 Å². The van der Waals surface area contributed by atoms with E-state index in [9.17, 15) is 24.6 Å². The number of aliphatic hydroxyl groups is 2. The van der Waals surface area contributed by atoms with Crippen molar-refractivity contribution in [3.05, 3.63) is 82.9 Å². The summed E-state index contributed by atoms with van der Waals surface area (Å²) in [6.07, 6.45) is -2.80. The van der Waals surface area contributed by atoms with E-state index in [2.05, 4.69) is 45.3 Å². The number of ether oxygens (including phenoxy) is 4. The number of Topliss-reactive ketones (excluding diaryl/α,β-unsaturated/α-hetero) is 1. The predicted molar refractivity (Wildman–Crippen MR) is 213 cm³/mol. The molecule has 11 atom stereocenters. The first-order valence-corrected chi connectivity index (χ1v) is 26.9. The SMILES string of the molecule is COC1C(=O)[C@]2(C)C(OC)CC3OC[C@@]3(O)C2[C@H](C)C2(O)CC(OC(=O)[C@H](C)C(NC(=O)c3ccccc3)c3ccccc3)C(C)=C1C2(C)C.[Ac].[I][V][I]. The van der Waals surface area contributed by atoms with Crippen LogP contribution in [0.2, 0.25) is 0 Å². The molecule has 1 aliphatic heterocycles. The van der Waals surface area contributed by atoms with Gasteiger partial charge >= 0.3 is 55.4 Å². The third kappa shape index (κ3) is 8.03. The molecule has 0 spiro atoms. The Hall–Kier alpha value is 0.0760. The molecule has 1 saturated heterocycles. The summed E-state index contributed by atoms with van der Waals surface area (Å²) in [7, 11) is 3.65. The Bertz CT molecular complexity index is 1700. The summed E-state index contributed by atoms with van der Waals surface area (Å²) in [6, 6.07) is 17.3. The number of halogens is 2. The van der Waals surface area contributed by atoms with Gasteiger partial charge in [-0.15, -0.1) is 0 Å². The van der Waals surface area contributed by atoms with Crippen LogP contribution in [0.3, 0.4) is 0 Å². The average molecular weight is 1220 g/mol. The second kappa shape index (κ2) is 18.6. The van der Waals surface area contributed by atoms with E-state index in [-0.39, 0.29) is 68.8 Å². The zero-order chi connectivity index (χ0) is 39.1. The number of fused-ring (bicyclic) bond motifs is 5. The number of benzene rings is 2. The van der Waals surface area contributed by atoms with Gasteiger partial charge in [-0.25, -0.2) is 0 Å². The summed E-state index contributed by atoms with van der Waals surface area (Å²) < 4.78 is 24.1. The van der Waals surface area contributed by atoms with Crippen LogP contribution >= 0.6 is 40.0 Å². The third-order valence-corrected chi connectivity index (χ3v) is 12.9. The molecule has 54 heavy (non-hydrogen) atoms. The summed E-state index contributed by atoms with van der Waals surface area (Å²) in [6.45, 7) is 11.1. The molecule has 292 valence electrons. The van der Waals surface area contributed by atoms with Crippen LogP contribution in [-0.4, -0.2) is 84.3 Å². The Morgan fingerprint density at radius 1 is 1.00 bits per heavy atom. The van der Waals surface area contributed by atoms with Crippen molar-refractivity contribution in [3.63, 3.8) is 0 Å². The number of hydrogen-bond acceptors (Lipinski definition) is 9. The Morgan fingerprint density at radius 3 is 2.09 bits per heavy atom. The van der Waals surface area contributed by atoms with Crippen LogP contribution < -0.4 is 5.32 Å². The number of amides is 1. The second-order valence-electron chi connectivity index (χ2n) is 15.6. The molecule has 3 aliphatic carbocycles. The molecule has 6 rings (SSSR count). The maximum atomic E-state index is 14.9. The monoisotopic (exact) mass is 1220 g/mol. The van der Waals surface area contributed by atoms with Crippen molar-refractivity contribution in [1.82, 2.24) is 5.32 Å². The Morgan fingerprint density at radius 2 is 1.57 bits per heavy atom. The van der Waals surface area contributed by atoms with Gasteiger partial charge in [0.05, 0.1) is 41.8 Å². The number of ketones is 1. The molecule has 1 radical (unpaired) electrons. The summed E-state index contributed by atoms with van der Waals surface area (Å²) in [5.74, 6) is -3.40. The zero-order valence-electron chi connectivity index (χ0n) is 32.0. The Labute approximate surface area is 383 Å². The summed E-state index contributed by atoms with van der Waals surface area (Å²) in [5.41, 5.74) is -2.80. The van der Waals surface area contributed by atoms with E-state index in [0.717, 1.165) is 5.56 Å². The van der Waals surface area contributed by atoms with Gasteiger partial charge in [0.1, 0.15) is 17.8 Å². The van der Waals surface area contributed by atoms with E-state index in [1.165, 1.54) is 7.11 Å². The van der Waals surface area contributed by atoms with Crippen molar-refractivity contribution in [2.75, 3.05) is 20.8 Å². The van der Waals surface area contributed by atoms with E-state index in [4.69, 9.17) is 18.9 Å². The van der Waals surface area contributed by atoms with Crippen LogP contribution in [0.4, 0.5) is 0 Å². The number of carbonyl (C=O) groups is 3. The molecule has 2 saturated carbocycles. The fraction of sp³-hybridized carbons (Fsp3) is 0.575. The summed E-state index contributed by atoms with van der Waals surface area (Å²) in [5, 5.41) is 28.3. The van der Waals surface area contributed by atoms with Crippen molar-refractivity contribution >= 4 is 57.6 Å². The van der Waals surface area contributed by atoms with Gasteiger partial charge in [-0.1, -0.05) is 69.3 Å². The quantitative estimate of drug-likeness (QED) is 0.157. The van der Waals surface area contributed by atoms with Gasteiger partial charge in [0.2, 0.25) is 0 Å². The van der Waals surface area contributed by atoms with Crippen LogP contribution in [0.15, 0.2) is 71.8 Å². The van der Waals surface area contributed by atoms with Crippen LogP contribution in [0.5, 0.6) is 0 Å². The summed E-state index contributed by atoms with van der Waals surface area (Å²) >= 11 is 4.74. The maximum absolute atomic E-state index is 14.9. The minimum atomic E-state index is -1.56. The van der Waals surface area contributed by atoms with Crippen LogP contribution in [0.1, 0.15) is 76.3 Å². The third-order valence-electron chi connectivity index (χ3n) is 12.9. The van der Waals surface area contributed by atoms with Crippen molar-refractivity contribution in [1.29, 1.82) is 0 Å². The first kappa shape index (κ1) is 46.8. The Kier molecular flexibility index (Phi) is 16.1. The van der Waals surface area contributed by atoms with Gasteiger partial charge < -0.3 is 34.5 Å². The van der Waals surface area contributed by atoms with E-state index in [1.807, 2.05) is 71.0 Å². The number of rotatable bonds is 8. The summed E-state index contributed by atoms with van der Waals surface area (Å²) in [4.78, 5) is 42.5. The molecule has 0 aromatic heterocycles. The fourth-order valence-electron chi connectivity index (χ4n) is 9.98. The molecule has 7 unspecified atom stereocenters. The van der Waals surface area contributed by atoms with Crippen molar-refractivity contribution in [3.8, 4) is 0 Å². The number of nitrogens with one attached hydrogen (secondary N) is 1. The standard InChI is InChI=1S/C40H51NO9.Ac.2HI.V/c1-22-27(50-36(44)23(2)31(25-15-11-9-12-16-25)41-35(43)26-17-13-10-14-18-26)20-40(46)24(3)33-38(6,28(47-7)19-29-39(33,45)21-49-29)34(42)32(48-8)30(22)37(40,4)5;;;;/h9-18,23-24,27-29,31-33,45-46H,19-21H2,1-8H3,(H,41,43);;2*1H;/q;;;;+2/p-2/t23-,24+,27?,28?,29?,31?,32?,33?,38-,39+,40?;;;;/m1..../s1. The molecule has 2 aromatic carbocycles. The molecule has 2 aromatic rings. The first-order valence-electron chi connectivity index (χ1n) is 17.9. The Balaban J connectivity index is 0.00000157. The topological polar surface area (TPSA) is 141 Å². The molecule has 4 aliphatic rings. The molecular formula is C40H51AcI2NO9V. The molecule has 10 nitrogen and oxygen atoms in total. The van der Waals surface area contributed by atoms with Gasteiger partial charge in [0, 0.05) is 88.0 Å². The number of methoxy groups -OCH3 is 2. The number of hydrogen-bond donors (Lipinski definition) is 3. The molecule has 3 N–H and O–H groups in total. The second-order valence-corrected chi connectivity index (χ2v) is 27.4. The molecule has 2 bridgehead atoms. The number of carbonyl (C=O) groups excluding carboxylic acids is 3. The number of esters is 1. The van der Waals surface area contributed by atoms with E-state index in [0.29, 0.717) is 32.6 Å². The van der Waals surface area contributed by atoms with Gasteiger partial charge in [-0.05, 0) is 55.5 Å². The van der Waals surface area contributed by atoms with Gasteiger partial charge in [-0.3, -0.25) is 14.4 Å². The zero-order valence-corrected chi connectivity index (χ0v) is 42.5. The van der Waals surface area contributed by atoms with E-state index in [1.54, 1.807) is 38.3 Å². The van der Waals surface area contributed by atoms with E-state index < -0.39 is 76.2 Å². The van der Waals surface area contributed by atoms with Crippen molar-refractivity contribution < 1.29 is 97.1 Å². The molecule has 1 heterocycles. The van der Waals surface area contributed by atoms with Crippen molar-refractivity contribution in [2.45, 2.75) is 96.0 Å². The molecular weight excluding hydrogens is 1170 g/mol. The van der Waals surface area contributed by atoms with Crippen LogP contribution in [0.25, 0.3) is 0 Å². The fourth-order valence-corrected chi connectivity index (χ4v) is 9.98. The molecule has 14 heteroatoms. The molecule has 1 amide bonds. The van der Waals surface area contributed by atoms with Gasteiger partial charge in [0.25, 0.3) is 5.91 Å². The normalized spacial score (nSPS) is 34.7. The minimum absolute atomic E-state index is 0. The van der Waals surface area contributed by atoms with E-state index >= 15 is 0 Å². The first-order chi connectivity index (χ1) is 25.0. The molecule has 3 fully saturated rings. The van der Waals surface area contributed by atoms with Crippen molar-refractivity contribution in [2.24, 2.45) is 28.6 Å². The van der Waals surface area contributed by atoms with Crippen LogP contribution in [-0.2, 0) is 38.0 Å². The predicted octanol–water partition coefficient (Wildman–Crippen LogP) is 6.36.